The van der Waals surface area contributed by atoms with Crippen molar-refractivity contribution < 1.29 is 19.4 Å². The van der Waals surface area contributed by atoms with Crippen LogP contribution in [0.5, 0.6) is 5.75 Å². The number of carbonyl (C=O) groups excluding carboxylic acids is 2. The van der Waals surface area contributed by atoms with E-state index in [2.05, 4.69) is 5.32 Å². The van der Waals surface area contributed by atoms with E-state index < -0.39 is 11.8 Å². The first-order chi connectivity index (χ1) is 9.65. The van der Waals surface area contributed by atoms with Gasteiger partial charge in [-0.3, -0.25) is 14.5 Å². The van der Waals surface area contributed by atoms with Gasteiger partial charge in [-0.05, 0) is 31.2 Å². The zero-order valence-electron chi connectivity index (χ0n) is 11.1. The first-order valence-corrected chi connectivity index (χ1v) is 6.34. The Morgan fingerprint density at radius 3 is 2.55 bits per heavy atom. The van der Waals surface area contributed by atoms with E-state index in [1.54, 1.807) is 24.3 Å². The Morgan fingerprint density at radius 2 is 1.95 bits per heavy atom. The third-order valence-electron chi connectivity index (χ3n) is 2.78. The van der Waals surface area contributed by atoms with Gasteiger partial charge in [-0.15, -0.1) is 0 Å². The van der Waals surface area contributed by atoms with Gasteiger partial charge in [-0.2, -0.15) is 0 Å². The number of carbonyl (C=O) groups is 2. The highest BCUT2D eigenvalue weighted by molar-refractivity contribution is 6.17. The number of aliphatic hydroxyl groups excluding tert-OH is 1. The second-order valence-electron chi connectivity index (χ2n) is 4.16. The number of imide groups is 1. The Kier molecular flexibility index (Phi) is 4.37. The van der Waals surface area contributed by atoms with Crippen LogP contribution in [0.2, 0.25) is 0 Å². The van der Waals surface area contributed by atoms with E-state index in [9.17, 15) is 9.59 Å². The normalized spacial score (nSPS) is 14.5. The highest BCUT2D eigenvalue weighted by atomic mass is 16.5. The molecule has 2 N–H and O–H groups in total. The summed E-state index contributed by atoms with van der Waals surface area (Å²) in [4.78, 5) is 24.5. The van der Waals surface area contributed by atoms with E-state index in [-0.39, 0.29) is 18.8 Å². The van der Waals surface area contributed by atoms with E-state index in [4.69, 9.17) is 9.84 Å². The molecule has 1 heterocycles. The quantitative estimate of drug-likeness (QED) is 0.749. The van der Waals surface area contributed by atoms with Crippen LogP contribution in [0.4, 0.5) is 5.69 Å². The van der Waals surface area contributed by atoms with Gasteiger partial charge < -0.3 is 15.2 Å². The lowest BCUT2D eigenvalue weighted by molar-refractivity contribution is -0.137. The average molecular weight is 276 g/mol. The smallest absolute Gasteiger partial charge is 0.277 e. The predicted octanol–water partition coefficient (Wildman–Crippen LogP) is 0.742. The van der Waals surface area contributed by atoms with E-state index in [1.165, 1.54) is 6.08 Å². The van der Waals surface area contributed by atoms with Crippen molar-refractivity contribution in [2.45, 2.75) is 6.92 Å². The molecule has 1 aromatic carbocycles. The van der Waals surface area contributed by atoms with Crippen LogP contribution in [-0.2, 0) is 9.59 Å². The van der Waals surface area contributed by atoms with E-state index in [0.717, 1.165) is 10.6 Å². The van der Waals surface area contributed by atoms with Gasteiger partial charge in [0.1, 0.15) is 11.4 Å². The van der Waals surface area contributed by atoms with Crippen LogP contribution >= 0.6 is 0 Å². The van der Waals surface area contributed by atoms with Gasteiger partial charge in [0.15, 0.2) is 0 Å². The lowest BCUT2D eigenvalue weighted by Crippen LogP contribution is -2.34. The summed E-state index contributed by atoms with van der Waals surface area (Å²) < 4.78 is 5.32. The molecule has 0 spiro atoms. The minimum absolute atomic E-state index is 0.00260. The number of nitrogens with one attached hydrogen (secondary N) is 1. The zero-order valence-corrected chi connectivity index (χ0v) is 11.1. The topological polar surface area (TPSA) is 78.9 Å². The molecule has 2 amide bonds. The summed E-state index contributed by atoms with van der Waals surface area (Å²) in [5.41, 5.74) is 0.888. The van der Waals surface area contributed by atoms with E-state index in [1.807, 2.05) is 6.92 Å². The molecule has 0 saturated carbocycles. The lowest BCUT2D eigenvalue weighted by Gasteiger charge is -2.13. The summed E-state index contributed by atoms with van der Waals surface area (Å²) in [7, 11) is 0. The highest BCUT2D eigenvalue weighted by Gasteiger charge is 2.30. The van der Waals surface area contributed by atoms with Crippen LogP contribution in [0, 0.1) is 0 Å². The molecule has 106 valence electrons. The second kappa shape index (κ2) is 6.21. The number of anilines is 1. The Morgan fingerprint density at radius 1 is 1.25 bits per heavy atom. The molecule has 6 nitrogen and oxygen atoms in total. The maximum atomic E-state index is 11.9. The second-order valence-corrected chi connectivity index (χ2v) is 4.16. The minimum Gasteiger partial charge on any atom is -0.494 e. The Hall–Kier alpha value is -2.34. The fourth-order valence-corrected chi connectivity index (χ4v) is 1.87. The van der Waals surface area contributed by atoms with Gasteiger partial charge >= 0.3 is 0 Å². The first-order valence-electron chi connectivity index (χ1n) is 6.34. The van der Waals surface area contributed by atoms with Gasteiger partial charge in [0.2, 0.25) is 0 Å². The van der Waals surface area contributed by atoms with Crippen LogP contribution in [0.3, 0.4) is 0 Å². The molecule has 20 heavy (non-hydrogen) atoms. The molecule has 0 radical (unpaired) electrons. The van der Waals surface area contributed by atoms with Crippen LogP contribution in [-0.4, -0.2) is 41.6 Å². The minimum atomic E-state index is -0.432. The van der Waals surface area contributed by atoms with Gasteiger partial charge in [0, 0.05) is 11.8 Å². The molecule has 0 atom stereocenters. The fourth-order valence-electron chi connectivity index (χ4n) is 1.87. The van der Waals surface area contributed by atoms with Crippen molar-refractivity contribution in [3.05, 3.63) is 36.0 Å². The largest absolute Gasteiger partial charge is 0.494 e. The maximum Gasteiger partial charge on any atom is 0.277 e. The Labute approximate surface area is 116 Å². The first kappa shape index (κ1) is 14.1. The third-order valence-corrected chi connectivity index (χ3v) is 2.78. The van der Waals surface area contributed by atoms with E-state index in [0.29, 0.717) is 12.3 Å². The summed E-state index contributed by atoms with van der Waals surface area (Å²) >= 11 is 0. The van der Waals surface area contributed by atoms with E-state index >= 15 is 0 Å². The van der Waals surface area contributed by atoms with Crippen LogP contribution in [0.1, 0.15) is 6.92 Å². The number of aliphatic hydroxyl groups is 1. The molecule has 0 unspecified atom stereocenters. The summed E-state index contributed by atoms with van der Waals surface area (Å²) in [6, 6.07) is 7.08. The Bertz CT molecular complexity index is 537. The molecular weight excluding hydrogens is 260 g/mol. The van der Waals surface area contributed by atoms with Crippen molar-refractivity contribution >= 4 is 17.5 Å². The standard InChI is InChI=1S/C14H16N2O4/c1-2-20-11-5-3-10(4-6-11)15-12-9-13(18)16(7-8-17)14(12)19/h3-6,9,15,17H,2,7-8H2,1H3. The number of ether oxygens (including phenoxy) is 1. The number of hydrogen-bond donors (Lipinski definition) is 2. The molecule has 0 fully saturated rings. The lowest BCUT2D eigenvalue weighted by atomic mass is 10.3. The Balaban J connectivity index is 2.05. The van der Waals surface area contributed by atoms with Crippen molar-refractivity contribution in [1.82, 2.24) is 4.90 Å². The molecule has 2 rings (SSSR count). The molecule has 0 aliphatic carbocycles. The van der Waals surface area contributed by atoms with Crippen LogP contribution < -0.4 is 10.1 Å². The number of rotatable bonds is 6. The fraction of sp³-hybridized carbons (Fsp3) is 0.286. The maximum absolute atomic E-state index is 11.9. The predicted molar refractivity (Wildman–Crippen MR) is 73.1 cm³/mol. The molecular formula is C14H16N2O4. The molecule has 1 aliphatic heterocycles. The molecule has 0 bridgehead atoms. The SMILES string of the molecule is CCOc1ccc(NC2=CC(=O)N(CCO)C2=O)cc1. The number of β-amino-alcohol motifs (C(OH)–C–C–N with tert-alkyl or cyclic N) is 1. The van der Waals surface area contributed by atoms with Crippen molar-refractivity contribution in [3.8, 4) is 5.75 Å². The van der Waals surface area contributed by atoms with Crippen molar-refractivity contribution in [2.75, 3.05) is 25.1 Å². The summed E-state index contributed by atoms with van der Waals surface area (Å²) in [6.07, 6.45) is 1.23. The molecule has 0 aromatic heterocycles. The van der Waals surface area contributed by atoms with Crippen molar-refractivity contribution in [2.24, 2.45) is 0 Å². The van der Waals surface area contributed by atoms with Gasteiger partial charge in [-0.1, -0.05) is 0 Å². The van der Waals surface area contributed by atoms with Crippen LogP contribution in [0.15, 0.2) is 36.0 Å². The number of benzene rings is 1. The summed E-state index contributed by atoms with van der Waals surface area (Å²) in [5, 5.41) is 11.7. The average Bonchev–Trinajstić information content (AvgIpc) is 2.69. The van der Waals surface area contributed by atoms with Crippen molar-refractivity contribution in [3.63, 3.8) is 0 Å². The van der Waals surface area contributed by atoms with Gasteiger partial charge in [-0.25, -0.2) is 0 Å². The summed E-state index contributed by atoms with van der Waals surface area (Å²) in [6.45, 7) is 2.24. The zero-order chi connectivity index (χ0) is 14.5. The highest BCUT2D eigenvalue weighted by Crippen LogP contribution is 2.20. The molecule has 6 heteroatoms. The van der Waals surface area contributed by atoms with Crippen molar-refractivity contribution in [1.29, 1.82) is 0 Å². The monoisotopic (exact) mass is 276 g/mol. The molecule has 1 aliphatic rings. The third kappa shape index (κ3) is 2.97. The van der Waals surface area contributed by atoms with Gasteiger partial charge in [0.05, 0.1) is 19.8 Å². The van der Waals surface area contributed by atoms with Gasteiger partial charge in [0.25, 0.3) is 11.8 Å². The molecule has 0 saturated heterocycles. The number of hydrogen-bond acceptors (Lipinski definition) is 5. The number of nitrogens with zero attached hydrogens (tertiary/aromatic N) is 1. The van der Waals surface area contributed by atoms with Crippen LogP contribution in [0.25, 0.3) is 0 Å². The molecule has 1 aromatic rings. The summed E-state index contributed by atoms with van der Waals surface area (Å²) in [5.74, 6) is -0.113. The number of amides is 2.